The molecule has 2 heterocycles. The number of carboxylic acids is 1. The Kier molecular flexibility index (Phi) is 5.58. The van der Waals surface area contributed by atoms with Crippen LogP contribution in [0.5, 0.6) is 0 Å². The van der Waals surface area contributed by atoms with E-state index in [0.29, 0.717) is 5.39 Å². The molecule has 1 N–H and O–H groups in total. The van der Waals surface area contributed by atoms with E-state index in [-0.39, 0.29) is 10.6 Å². The number of aromatic carboxylic acids is 1. The van der Waals surface area contributed by atoms with Gasteiger partial charge in [-0.1, -0.05) is 36.4 Å². The van der Waals surface area contributed by atoms with Gasteiger partial charge in [0.05, 0.1) is 28.0 Å². The minimum atomic E-state index is -0.988. The zero-order valence-electron chi connectivity index (χ0n) is 16.4. The lowest BCUT2D eigenvalue weighted by Crippen LogP contribution is -1.98. The summed E-state index contributed by atoms with van der Waals surface area (Å²) in [6, 6.07) is 9.75. The number of halogens is 2. The number of nitrogens with zero attached hydrogens (tertiary/aromatic N) is 3. The van der Waals surface area contributed by atoms with Gasteiger partial charge >= 0.3 is 5.97 Å². The molecule has 0 aliphatic rings. The zero-order chi connectivity index (χ0) is 21.4. The van der Waals surface area contributed by atoms with E-state index in [1.54, 1.807) is 30.5 Å². The Morgan fingerprint density at radius 2 is 2.10 bits per heavy atom. The number of carbonyl (C=O) groups is 1. The monoisotopic (exact) mass is 443 g/mol. The van der Waals surface area contributed by atoms with Crippen LogP contribution in [0.3, 0.4) is 0 Å². The fourth-order valence-corrected chi connectivity index (χ4v) is 4.71. The van der Waals surface area contributed by atoms with Crippen LogP contribution in [0.25, 0.3) is 16.6 Å². The summed E-state index contributed by atoms with van der Waals surface area (Å²) in [5, 5.41) is 14.5. The number of fused-ring (bicyclic) bond motifs is 1. The maximum Gasteiger partial charge on any atom is 0.335 e. The van der Waals surface area contributed by atoms with Crippen molar-refractivity contribution in [3.63, 3.8) is 0 Å². The normalized spacial score (nSPS) is 11.3. The number of hydrogen-bond acceptors (Lipinski definition) is 3. The van der Waals surface area contributed by atoms with Crippen LogP contribution in [0.1, 0.15) is 29.4 Å². The lowest BCUT2D eigenvalue weighted by atomic mass is 10.2. The summed E-state index contributed by atoms with van der Waals surface area (Å²) in [6.07, 6.45) is 4.69. The quantitative estimate of drug-likeness (QED) is 0.386. The summed E-state index contributed by atoms with van der Waals surface area (Å²) in [5.74, 6) is -1.48. The van der Waals surface area contributed by atoms with Gasteiger partial charge in [-0.2, -0.15) is 5.10 Å². The fourth-order valence-electron chi connectivity index (χ4n) is 3.47. The Hall–Kier alpha value is -2.77. The smallest absolute Gasteiger partial charge is 0.335 e. The molecule has 0 spiro atoms. The minimum Gasteiger partial charge on any atom is -0.478 e. The van der Waals surface area contributed by atoms with Crippen LogP contribution in [0, 0.1) is 12.7 Å². The summed E-state index contributed by atoms with van der Waals surface area (Å²) in [4.78, 5) is 12.9. The SMILES string of the molecule is CCCn1cc(-n2c(C)c(Sc3cccc(C(=O)O)c3)c3cc(F)c(Cl)cc32)cn1. The third-order valence-corrected chi connectivity index (χ3v) is 6.32. The summed E-state index contributed by atoms with van der Waals surface area (Å²) in [7, 11) is 0. The molecule has 4 rings (SSSR count). The van der Waals surface area contributed by atoms with Crippen LogP contribution in [0.2, 0.25) is 5.02 Å². The van der Waals surface area contributed by atoms with Crippen LogP contribution in [0.15, 0.2) is 58.6 Å². The Morgan fingerprint density at radius 3 is 2.83 bits per heavy atom. The molecule has 0 saturated carbocycles. The predicted molar refractivity (Wildman–Crippen MR) is 117 cm³/mol. The summed E-state index contributed by atoms with van der Waals surface area (Å²) < 4.78 is 18.2. The number of aryl methyl sites for hydroxylation is 1. The molecule has 5 nitrogen and oxygen atoms in total. The highest BCUT2D eigenvalue weighted by atomic mass is 35.5. The van der Waals surface area contributed by atoms with Crippen molar-refractivity contribution < 1.29 is 14.3 Å². The summed E-state index contributed by atoms with van der Waals surface area (Å²) in [5.41, 5.74) is 2.73. The number of benzene rings is 2. The Bertz CT molecular complexity index is 1260. The molecule has 0 atom stereocenters. The Morgan fingerprint density at radius 1 is 1.30 bits per heavy atom. The van der Waals surface area contributed by atoms with Crippen molar-refractivity contribution in [3.8, 4) is 5.69 Å². The third kappa shape index (κ3) is 3.70. The molecule has 0 fully saturated rings. The van der Waals surface area contributed by atoms with Gasteiger partial charge in [0.25, 0.3) is 0 Å². The minimum absolute atomic E-state index is 0.0478. The van der Waals surface area contributed by atoms with Crippen molar-refractivity contribution in [2.45, 2.75) is 36.6 Å². The molecule has 0 unspecified atom stereocenters. The molecule has 4 aromatic rings. The van der Waals surface area contributed by atoms with Gasteiger partial charge in [-0.25, -0.2) is 9.18 Å². The van der Waals surface area contributed by atoms with Crippen LogP contribution in [-0.4, -0.2) is 25.4 Å². The van der Waals surface area contributed by atoms with Gasteiger partial charge in [0.1, 0.15) is 5.82 Å². The third-order valence-electron chi connectivity index (χ3n) is 4.82. The molecule has 0 amide bonds. The molecule has 2 aromatic carbocycles. The molecule has 30 heavy (non-hydrogen) atoms. The van der Waals surface area contributed by atoms with Crippen molar-refractivity contribution >= 4 is 40.2 Å². The maximum absolute atomic E-state index is 14.3. The molecule has 154 valence electrons. The molecule has 2 aromatic heterocycles. The van der Waals surface area contributed by atoms with Crippen molar-refractivity contribution in [2.75, 3.05) is 0 Å². The van der Waals surface area contributed by atoms with E-state index in [1.807, 2.05) is 28.4 Å². The van der Waals surface area contributed by atoms with Crippen LogP contribution < -0.4 is 0 Å². The molecular formula is C22H19ClFN3O2S. The second kappa shape index (κ2) is 8.16. The van der Waals surface area contributed by atoms with Crippen LogP contribution >= 0.6 is 23.4 Å². The highest BCUT2D eigenvalue weighted by molar-refractivity contribution is 7.99. The van der Waals surface area contributed by atoms with Gasteiger partial charge in [-0.3, -0.25) is 4.68 Å². The lowest BCUT2D eigenvalue weighted by molar-refractivity contribution is 0.0696. The van der Waals surface area contributed by atoms with E-state index in [1.165, 1.54) is 17.8 Å². The maximum atomic E-state index is 14.3. The molecule has 0 bridgehead atoms. The predicted octanol–water partition coefficient (Wildman–Crippen LogP) is 6.19. The van der Waals surface area contributed by atoms with E-state index in [4.69, 9.17) is 11.6 Å². The van der Waals surface area contributed by atoms with Crippen molar-refractivity contribution in [1.29, 1.82) is 0 Å². The topological polar surface area (TPSA) is 60.0 Å². The first kappa shape index (κ1) is 20.5. The number of rotatable bonds is 6. The van der Waals surface area contributed by atoms with Crippen LogP contribution in [-0.2, 0) is 6.54 Å². The first-order valence-corrected chi connectivity index (χ1v) is 10.6. The average Bonchev–Trinajstić information content (AvgIpc) is 3.26. The summed E-state index contributed by atoms with van der Waals surface area (Å²) >= 11 is 7.50. The Balaban J connectivity index is 1.89. The summed E-state index contributed by atoms with van der Waals surface area (Å²) in [6.45, 7) is 4.84. The van der Waals surface area contributed by atoms with E-state index in [2.05, 4.69) is 12.0 Å². The second-order valence-corrected chi connectivity index (χ2v) is 8.42. The highest BCUT2D eigenvalue weighted by Gasteiger charge is 2.20. The first-order valence-electron chi connectivity index (χ1n) is 9.43. The van der Waals surface area contributed by atoms with Crippen molar-refractivity contribution in [1.82, 2.24) is 14.3 Å². The van der Waals surface area contributed by atoms with Gasteiger partial charge < -0.3 is 9.67 Å². The van der Waals surface area contributed by atoms with E-state index < -0.39 is 11.8 Å². The highest BCUT2D eigenvalue weighted by Crippen LogP contribution is 2.41. The Labute approximate surface area is 182 Å². The molecule has 0 radical (unpaired) electrons. The number of carboxylic acid groups (broad SMARTS) is 1. The molecule has 0 saturated heterocycles. The number of aromatic nitrogens is 3. The van der Waals surface area contributed by atoms with E-state index >= 15 is 0 Å². The number of hydrogen-bond donors (Lipinski definition) is 1. The average molecular weight is 444 g/mol. The van der Waals surface area contributed by atoms with Gasteiger partial charge in [-0.15, -0.1) is 0 Å². The van der Waals surface area contributed by atoms with E-state index in [0.717, 1.165) is 39.7 Å². The first-order chi connectivity index (χ1) is 14.4. The van der Waals surface area contributed by atoms with Gasteiger partial charge in [0, 0.05) is 33.6 Å². The fraction of sp³-hybridized carbons (Fsp3) is 0.182. The standard InChI is InChI=1S/C22H19ClFN3O2S/c1-3-7-26-12-15(11-25-26)27-13(2)21(17-9-19(24)18(23)10-20(17)27)30-16-6-4-5-14(8-16)22(28)29/h4-6,8-12H,3,7H2,1-2H3,(H,28,29). The second-order valence-electron chi connectivity index (χ2n) is 6.93. The van der Waals surface area contributed by atoms with Crippen LogP contribution in [0.4, 0.5) is 4.39 Å². The van der Waals surface area contributed by atoms with Gasteiger partial charge in [0.2, 0.25) is 0 Å². The van der Waals surface area contributed by atoms with Crippen molar-refractivity contribution in [3.05, 3.63) is 70.9 Å². The van der Waals surface area contributed by atoms with E-state index in [9.17, 15) is 14.3 Å². The molecule has 8 heteroatoms. The lowest BCUT2D eigenvalue weighted by Gasteiger charge is -2.06. The largest absolute Gasteiger partial charge is 0.478 e. The zero-order valence-corrected chi connectivity index (χ0v) is 18.0. The van der Waals surface area contributed by atoms with Crippen molar-refractivity contribution in [2.24, 2.45) is 0 Å². The molecule has 0 aliphatic heterocycles. The molecule has 0 aliphatic carbocycles. The molecular weight excluding hydrogens is 425 g/mol. The van der Waals surface area contributed by atoms with Gasteiger partial charge in [-0.05, 0) is 43.7 Å². The van der Waals surface area contributed by atoms with Gasteiger partial charge in [0.15, 0.2) is 0 Å².